The number of aliphatic imine (C=N–C) groups is 1. The molecule has 0 aromatic heterocycles. The zero-order valence-electron chi connectivity index (χ0n) is 11.5. The number of amides is 1. The Labute approximate surface area is 109 Å². The van der Waals surface area contributed by atoms with Crippen LogP contribution in [0.5, 0.6) is 0 Å². The number of carbonyl (C=O) groups excluding carboxylic acids is 1. The number of hydrogen-bond acceptors (Lipinski definition) is 3. The molecule has 0 rings (SSSR count). The molecule has 0 atom stereocenters. The van der Waals surface area contributed by atoms with E-state index in [1.54, 1.807) is 0 Å². The summed E-state index contributed by atoms with van der Waals surface area (Å²) in [6, 6.07) is 0. The fraction of sp³-hybridized carbons (Fsp3) is 0.833. The summed E-state index contributed by atoms with van der Waals surface area (Å²) in [5.74, 6) is 0.420. The van der Waals surface area contributed by atoms with E-state index in [0.717, 1.165) is 26.0 Å². The summed E-state index contributed by atoms with van der Waals surface area (Å²) >= 11 is 0. The van der Waals surface area contributed by atoms with Gasteiger partial charge in [-0.2, -0.15) is 0 Å². The van der Waals surface area contributed by atoms with Gasteiger partial charge in [0.2, 0.25) is 5.91 Å². The van der Waals surface area contributed by atoms with Crippen LogP contribution >= 0.6 is 0 Å². The molecular weight excluding hydrogens is 232 g/mol. The van der Waals surface area contributed by atoms with Crippen LogP contribution in [0.3, 0.4) is 0 Å². The van der Waals surface area contributed by atoms with Gasteiger partial charge in [0.05, 0.1) is 0 Å². The number of hydrogen-bond donors (Lipinski definition) is 3. The summed E-state index contributed by atoms with van der Waals surface area (Å²) < 4.78 is 5.18. The molecule has 0 aliphatic rings. The number of ether oxygens (including phenoxy) is 1. The second kappa shape index (κ2) is 12.2. The molecule has 0 saturated heterocycles. The fourth-order valence-corrected chi connectivity index (χ4v) is 1.22. The summed E-state index contributed by atoms with van der Waals surface area (Å²) in [4.78, 5) is 15.4. The third-order valence-electron chi connectivity index (χ3n) is 2.16. The molecule has 0 radical (unpaired) electrons. The molecule has 18 heavy (non-hydrogen) atoms. The predicted octanol–water partition coefficient (Wildman–Crippen LogP) is 0.234. The van der Waals surface area contributed by atoms with Crippen molar-refractivity contribution in [2.45, 2.75) is 33.1 Å². The van der Waals surface area contributed by atoms with E-state index in [4.69, 9.17) is 10.5 Å². The molecule has 4 N–H and O–H groups in total. The number of carbonyl (C=O) groups is 1. The van der Waals surface area contributed by atoms with E-state index in [-0.39, 0.29) is 5.91 Å². The summed E-state index contributed by atoms with van der Waals surface area (Å²) in [6.45, 7) is 7.28. The first-order valence-corrected chi connectivity index (χ1v) is 6.58. The Bertz CT molecular complexity index is 244. The van der Waals surface area contributed by atoms with Gasteiger partial charge in [-0.1, -0.05) is 6.92 Å². The minimum Gasteiger partial charge on any atom is -0.382 e. The lowest BCUT2D eigenvalue weighted by Gasteiger charge is -2.06. The number of nitrogens with two attached hydrogens (primary N) is 1. The molecule has 0 spiro atoms. The normalized spacial score (nSPS) is 11.3. The van der Waals surface area contributed by atoms with Gasteiger partial charge in [0.15, 0.2) is 5.96 Å². The molecule has 0 aromatic rings. The summed E-state index contributed by atoms with van der Waals surface area (Å²) in [5, 5.41) is 5.70. The molecule has 0 saturated carbocycles. The zero-order chi connectivity index (χ0) is 13.6. The van der Waals surface area contributed by atoms with Crippen LogP contribution in [0.1, 0.15) is 33.1 Å². The first-order chi connectivity index (χ1) is 8.70. The van der Waals surface area contributed by atoms with Crippen LogP contribution in [0.4, 0.5) is 0 Å². The van der Waals surface area contributed by atoms with Crippen LogP contribution in [0, 0.1) is 0 Å². The van der Waals surface area contributed by atoms with Gasteiger partial charge in [-0.15, -0.1) is 0 Å². The predicted molar refractivity (Wildman–Crippen MR) is 73.5 cm³/mol. The van der Waals surface area contributed by atoms with Crippen LogP contribution in [-0.4, -0.2) is 44.7 Å². The van der Waals surface area contributed by atoms with E-state index < -0.39 is 0 Å². The smallest absolute Gasteiger partial charge is 0.221 e. The van der Waals surface area contributed by atoms with Crippen LogP contribution in [-0.2, 0) is 9.53 Å². The highest BCUT2D eigenvalue weighted by molar-refractivity contribution is 5.79. The second-order valence-corrected chi connectivity index (χ2v) is 3.84. The quantitative estimate of drug-likeness (QED) is 0.297. The number of nitrogens with one attached hydrogen (secondary N) is 2. The lowest BCUT2D eigenvalue weighted by molar-refractivity contribution is -0.120. The summed E-state index contributed by atoms with van der Waals surface area (Å²) in [7, 11) is 0. The van der Waals surface area contributed by atoms with Crippen molar-refractivity contribution in [3.8, 4) is 0 Å². The maximum Gasteiger partial charge on any atom is 0.221 e. The van der Waals surface area contributed by atoms with Crippen LogP contribution < -0.4 is 16.4 Å². The maximum absolute atomic E-state index is 11.3. The van der Waals surface area contributed by atoms with E-state index in [1.807, 2.05) is 13.8 Å². The van der Waals surface area contributed by atoms with E-state index in [9.17, 15) is 4.79 Å². The van der Waals surface area contributed by atoms with Crippen molar-refractivity contribution < 1.29 is 9.53 Å². The topological polar surface area (TPSA) is 88.7 Å². The molecule has 106 valence electrons. The molecule has 0 bridgehead atoms. The molecule has 6 heteroatoms. The standard InChI is InChI=1S/C12H26N4O2/c1-3-7-14-11(17)6-9-16-12(13)15-8-5-10-18-4-2/h3-10H2,1-2H3,(H,14,17)(H3,13,15,16). The highest BCUT2D eigenvalue weighted by Gasteiger charge is 1.99. The Morgan fingerprint density at radius 2 is 2.06 bits per heavy atom. The summed E-state index contributed by atoms with van der Waals surface area (Å²) in [6.07, 6.45) is 2.21. The van der Waals surface area contributed by atoms with Crippen molar-refractivity contribution in [1.29, 1.82) is 0 Å². The molecule has 0 aromatic carbocycles. The van der Waals surface area contributed by atoms with Crippen LogP contribution in [0.15, 0.2) is 4.99 Å². The minimum absolute atomic E-state index is 0.0356. The Kier molecular flexibility index (Phi) is 11.3. The van der Waals surface area contributed by atoms with Gasteiger partial charge >= 0.3 is 0 Å². The highest BCUT2D eigenvalue weighted by atomic mass is 16.5. The van der Waals surface area contributed by atoms with E-state index in [0.29, 0.717) is 32.1 Å². The van der Waals surface area contributed by atoms with Crippen molar-refractivity contribution >= 4 is 11.9 Å². The van der Waals surface area contributed by atoms with E-state index >= 15 is 0 Å². The highest BCUT2D eigenvalue weighted by Crippen LogP contribution is 1.84. The number of guanidine groups is 1. The van der Waals surface area contributed by atoms with Gasteiger partial charge in [-0.25, -0.2) is 0 Å². The Hall–Kier alpha value is -1.30. The van der Waals surface area contributed by atoms with E-state index in [1.165, 1.54) is 0 Å². The monoisotopic (exact) mass is 258 g/mol. The molecule has 0 fully saturated rings. The van der Waals surface area contributed by atoms with Crippen LogP contribution in [0.25, 0.3) is 0 Å². The number of rotatable bonds is 10. The summed E-state index contributed by atoms with van der Waals surface area (Å²) in [5.41, 5.74) is 5.64. The lowest BCUT2D eigenvalue weighted by atomic mass is 10.4. The lowest BCUT2D eigenvalue weighted by Crippen LogP contribution is -2.35. The van der Waals surface area contributed by atoms with Crippen molar-refractivity contribution in [3.05, 3.63) is 0 Å². The number of nitrogens with zero attached hydrogens (tertiary/aromatic N) is 1. The zero-order valence-corrected chi connectivity index (χ0v) is 11.5. The van der Waals surface area contributed by atoms with Gasteiger partial charge in [-0.05, 0) is 19.8 Å². The van der Waals surface area contributed by atoms with Gasteiger partial charge in [0.1, 0.15) is 0 Å². The molecule has 1 amide bonds. The Morgan fingerprint density at radius 3 is 2.72 bits per heavy atom. The van der Waals surface area contributed by atoms with Gasteiger partial charge in [0.25, 0.3) is 0 Å². The fourth-order valence-electron chi connectivity index (χ4n) is 1.22. The third kappa shape index (κ3) is 11.2. The molecule has 0 aliphatic heterocycles. The molecule has 0 unspecified atom stereocenters. The van der Waals surface area contributed by atoms with Gasteiger partial charge < -0.3 is 21.1 Å². The average molecular weight is 258 g/mol. The van der Waals surface area contributed by atoms with Crippen molar-refractivity contribution in [2.75, 3.05) is 32.8 Å². The molecule has 0 heterocycles. The Balaban J connectivity index is 3.47. The van der Waals surface area contributed by atoms with Crippen LogP contribution in [0.2, 0.25) is 0 Å². The van der Waals surface area contributed by atoms with Gasteiger partial charge in [-0.3, -0.25) is 9.79 Å². The average Bonchev–Trinajstić information content (AvgIpc) is 2.36. The molecule has 0 aliphatic carbocycles. The molecule has 6 nitrogen and oxygen atoms in total. The maximum atomic E-state index is 11.3. The SMILES string of the molecule is CCCNC(=O)CCNC(N)=NCCCOCC. The van der Waals surface area contributed by atoms with Crippen molar-refractivity contribution in [1.82, 2.24) is 10.6 Å². The van der Waals surface area contributed by atoms with Crippen molar-refractivity contribution in [3.63, 3.8) is 0 Å². The molecular formula is C12H26N4O2. The first kappa shape index (κ1) is 16.7. The third-order valence-corrected chi connectivity index (χ3v) is 2.16. The van der Waals surface area contributed by atoms with Crippen molar-refractivity contribution in [2.24, 2.45) is 10.7 Å². The van der Waals surface area contributed by atoms with E-state index in [2.05, 4.69) is 15.6 Å². The largest absolute Gasteiger partial charge is 0.382 e. The minimum atomic E-state index is 0.0356. The Morgan fingerprint density at radius 1 is 1.28 bits per heavy atom. The van der Waals surface area contributed by atoms with Gasteiger partial charge in [0, 0.05) is 39.3 Å². The first-order valence-electron chi connectivity index (χ1n) is 6.58. The second-order valence-electron chi connectivity index (χ2n) is 3.84.